The van der Waals surface area contributed by atoms with E-state index in [0.29, 0.717) is 18.5 Å². The third-order valence-electron chi connectivity index (χ3n) is 3.18. The van der Waals surface area contributed by atoms with Gasteiger partial charge in [0.25, 0.3) is 0 Å². The maximum atomic E-state index is 12.8. The van der Waals surface area contributed by atoms with Gasteiger partial charge in [-0.15, -0.1) is 0 Å². The van der Waals surface area contributed by atoms with Gasteiger partial charge in [0.05, 0.1) is 5.56 Å². The van der Waals surface area contributed by atoms with Crippen molar-refractivity contribution in [3.8, 4) is 11.1 Å². The number of rotatable bonds is 3. The van der Waals surface area contributed by atoms with E-state index in [4.69, 9.17) is 5.73 Å². The second-order valence-electron chi connectivity index (χ2n) is 4.78. The van der Waals surface area contributed by atoms with E-state index >= 15 is 0 Å². The second kappa shape index (κ2) is 5.67. The number of halogens is 3. The van der Waals surface area contributed by atoms with Gasteiger partial charge in [-0.05, 0) is 48.7 Å². The first-order valence-electron chi connectivity index (χ1n) is 6.39. The lowest BCUT2D eigenvalue weighted by atomic mass is 9.94. The van der Waals surface area contributed by atoms with Crippen molar-refractivity contribution in [1.82, 2.24) is 0 Å². The molecule has 2 N–H and O–H groups in total. The summed E-state index contributed by atoms with van der Waals surface area (Å²) >= 11 is 0. The Bertz CT molecular complexity index is 603. The van der Waals surface area contributed by atoms with Gasteiger partial charge >= 0.3 is 6.18 Å². The number of hydrogen-bond acceptors (Lipinski definition) is 1. The zero-order valence-corrected chi connectivity index (χ0v) is 11.2. The van der Waals surface area contributed by atoms with E-state index in [1.165, 1.54) is 12.1 Å². The summed E-state index contributed by atoms with van der Waals surface area (Å²) in [7, 11) is 0. The lowest BCUT2D eigenvalue weighted by Crippen LogP contribution is -2.06. The molecule has 1 nitrogen and oxygen atoms in total. The van der Waals surface area contributed by atoms with Gasteiger partial charge in [0.1, 0.15) is 0 Å². The van der Waals surface area contributed by atoms with Crippen LogP contribution in [-0.4, -0.2) is 6.54 Å². The summed E-state index contributed by atoms with van der Waals surface area (Å²) in [4.78, 5) is 0. The van der Waals surface area contributed by atoms with Crippen molar-refractivity contribution in [2.24, 2.45) is 5.73 Å². The maximum Gasteiger partial charge on any atom is 0.416 e. The molecule has 106 valence electrons. The van der Waals surface area contributed by atoms with Gasteiger partial charge in [-0.2, -0.15) is 13.2 Å². The summed E-state index contributed by atoms with van der Waals surface area (Å²) in [5.74, 6) is 0. The van der Waals surface area contributed by atoms with Gasteiger partial charge in [0, 0.05) is 0 Å². The molecule has 0 bridgehead atoms. The highest BCUT2D eigenvalue weighted by Crippen LogP contribution is 2.33. The molecule has 0 aliphatic heterocycles. The fraction of sp³-hybridized carbons (Fsp3) is 0.250. The highest BCUT2D eigenvalue weighted by molar-refractivity contribution is 5.69. The molecule has 0 spiro atoms. The number of nitrogens with two attached hydrogens (primary N) is 1. The summed E-state index contributed by atoms with van der Waals surface area (Å²) in [5, 5.41) is 0. The maximum absolute atomic E-state index is 12.8. The zero-order chi connectivity index (χ0) is 14.8. The Morgan fingerprint density at radius 1 is 1.05 bits per heavy atom. The third kappa shape index (κ3) is 3.20. The average molecular weight is 279 g/mol. The Labute approximate surface area is 116 Å². The van der Waals surface area contributed by atoms with Crippen LogP contribution in [0.3, 0.4) is 0 Å². The summed E-state index contributed by atoms with van der Waals surface area (Å²) in [6.45, 7) is 2.39. The van der Waals surface area contributed by atoms with E-state index in [0.717, 1.165) is 22.8 Å². The summed E-state index contributed by atoms with van der Waals surface area (Å²) in [6.07, 6.45) is -3.68. The fourth-order valence-electron chi connectivity index (χ4n) is 2.20. The second-order valence-corrected chi connectivity index (χ2v) is 4.78. The van der Waals surface area contributed by atoms with Crippen molar-refractivity contribution in [2.75, 3.05) is 6.54 Å². The molecule has 20 heavy (non-hydrogen) atoms. The van der Waals surface area contributed by atoms with Gasteiger partial charge < -0.3 is 5.73 Å². The SMILES string of the molecule is Cc1ccc(CCN)c(-c2cccc(C(F)(F)F)c2)c1. The normalized spacial score (nSPS) is 11.7. The van der Waals surface area contributed by atoms with E-state index in [9.17, 15) is 13.2 Å². The first kappa shape index (κ1) is 14.6. The number of benzene rings is 2. The third-order valence-corrected chi connectivity index (χ3v) is 3.18. The largest absolute Gasteiger partial charge is 0.416 e. The minimum absolute atomic E-state index is 0.467. The van der Waals surface area contributed by atoms with Crippen LogP contribution >= 0.6 is 0 Å². The quantitative estimate of drug-likeness (QED) is 0.896. The summed E-state index contributed by atoms with van der Waals surface area (Å²) in [5.41, 5.74) is 8.31. The highest BCUT2D eigenvalue weighted by atomic mass is 19.4. The Morgan fingerprint density at radius 2 is 1.80 bits per heavy atom. The summed E-state index contributed by atoms with van der Waals surface area (Å²) in [6, 6.07) is 11.2. The van der Waals surface area contributed by atoms with Gasteiger partial charge in [0.2, 0.25) is 0 Å². The number of alkyl halides is 3. The van der Waals surface area contributed by atoms with E-state index < -0.39 is 11.7 Å². The molecule has 0 saturated carbocycles. The molecule has 0 atom stereocenters. The molecule has 2 aromatic rings. The minimum Gasteiger partial charge on any atom is -0.330 e. The van der Waals surface area contributed by atoms with E-state index in [2.05, 4.69) is 0 Å². The monoisotopic (exact) mass is 279 g/mol. The first-order chi connectivity index (χ1) is 9.41. The molecule has 4 heteroatoms. The van der Waals surface area contributed by atoms with Crippen LogP contribution in [0, 0.1) is 6.92 Å². The topological polar surface area (TPSA) is 26.0 Å². The summed E-state index contributed by atoms with van der Waals surface area (Å²) < 4.78 is 38.4. The van der Waals surface area contributed by atoms with Gasteiger partial charge in [0.15, 0.2) is 0 Å². The lowest BCUT2D eigenvalue weighted by Gasteiger charge is -2.13. The molecule has 0 amide bonds. The van der Waals surface area contributed by atoms with Gasteiger partial charge in [-0.3, -0.25) is 0 Å². The van der Waals surface area contributed by atoms with Crippen LogP contribution in [0.5, 0.6) is 0 Å². The van der Waals surface area contributed by atoms with Crippen molar-refractivity contribution >= 4 is 0 Å². The predicted molar refractivity (Wildman–Crippen MR) is 74.4 cm³/mol. The van der Waals surface area contributed by atoms with E-state index in [-0.39, 0.29) is 0 Å². The molecule has 0 fully saturated rings. The molecule has 0 saturated heterocycles. The molecule has 0 heterocycles. The van der Waals surface area contributed by atoms with E-state index in [1.807, 2.05) is 25.1 Å². The van der Waals surface area contributed by atoms with Crippen LogP contribution in [0.25, 0.3) is 11.1 Å². The standard InChI is InChI=1S/C16H16F3N/c1-11-5-6-12(7-8-20)15(9-11)13-3-2-4-14(10-13)16(17,18)19/h2-6,9-10H,7-8,20H2,1H3. The van der Waals surface area contributed by atoms with Crippen LogP contribution < -0.4 is 5.73 Å². The molecule has 0 radical (unpaired) electrons. The molecular formula is C16H16F3N. The van der Waals surface area contributed by atoms with Crippen molar-refractivity contribution in [2.45, 2.75) is 19.5 Å². The fourth-order valence-corrected chi connectivity index (χ4v) is 2.20. The van der Waals surface area contributed by atoms with Crippen LogP contribution in [0.4, 0.5) is 13.2 Å². The molecule has 0 aliphatic rings. The average Bonchev–Trinajstić information content (AvgIpc) is 2.40. The zero-order valence-electron chi connectivity index (χ0n) is 11.2. The van der Waals surface area contributed by atoms with Crippen molar-refractivity contribution in [3.63, 3.8) is 0 Å². The Morgan fingerprint density at radius 3 is 2.45 bits per heavy atom. The van der Waals surface area contributed by atoms with Crippen LogP contribution in [-0.2, 0) is 12.6 Å². The molecule has 2 rings (SSSR count). The minimum atomic E-state index is -4.33. The van der Waals surface area contributed by atoms with Gasteiger partial charge in [-0.1, -0.05) is 35.9 Å². The first-order valence-corrected chi connectivity index (χ1v) is 6.39. The van der Waals surface area contributed by atoms with Crippen molar-refractivity contribution in [3.05, 3.63) is 59.2 Å². The smallest absolute Gasteiger partial charge is 0.330 e. The molecule has 0 unspecified atom stereocenters. The van der Waals surface area contributed by atoms with Crippen LogP contribution in [0.1, 0.15) is 16.7 Å². The molecule has 0 aromatic heterocycles. The molecule has 2 aromatic carbocycles. The predicted octanol–water partition coefficient (Wildman–Crippen LogP) is 4.18. The van der Waals surface area contributed by atoms with E-state index in [1.54, 1.807) is 6.07 Å². The lowest BCUT2D eigenvalue weighted by molar-refractivity contribution is -0.137. The highest BCUT2D eigenvalue weighted by Gasteiger charge is 2.30. The Kier molecular flexibility index (Phi) is 4.14. The van der Waals surface area contributed by atoms with Crippen molar-refractivity contribution < 1.29 is 13.2 Å². The van der Waals surface area contributed by atoms with Gasteiger partial charge in [-0.25, -0.2) is 0 Å². The molecule has 0 aliphatic carbocycles. The van der Waals surface area contributed by atoms with Crippen LogP contribution in [0.2, 0.25) is 0 Å². The number of aryl methyl sites for hydroxylation is 1. The Balaban J connectivity index is 2.53. The van der Waals surface area contributed by atoms with Crippen LogP contribution in [0.15, 0.2) is 42.5 Å². The van der Waals surface area contributed by atoms with Crippen molar-refractivity contribution in [1.29, 1.82) is 0 Å². The molecular weight excluding hydrogens is 263 g/mol. The number of hydrogen-bond donors (Lipinski definition) is 1. The Hall–Kier alpha value is -1.81.